The highest BCUT2D eigenvalue weighted by atomic mass is 32.1. The van der Waals surface area contributed by atoms with Crippen molar-refractivity contribution in [1.29, 1.82) is 0 Å². The molecule has 1 atom stereocenters. The molecule has 2 aromatic rings. The average molecular weight is 328 g/mol. The van der Waals surface area contributed by atoms with Crippen LogP contribution < -0.4 is 4.74 Å². The van der Waals surface area contributed by atoms with E-state index in [9.17, 15) is 13.9 Å². The number of nitrogens with zero attached hydrogens (tertiary/aromatic N) is 2. The van der Waals surface area contributed by atoms with E-state index < -0.39 is 12.7 Å². The van der Waals surface area contributed by atoms with Crippen LogP contribution in [0.4, 0.5) is 8.78 Å². The lowest BCUT2D eigenvalue weighted by Crippen LogP contribution is -2.24. The summed E-state index contributed by atoms with van der Waals surface area (Å²) in [6.07, 6.45) is -0.702. The second-order valence-corrected chi connectivity index (χ2v) is 5.99. The first-order valence-corrected chi connectivity index (χ1v) is 7.64. The van der Waals surface area contributed by atoms with Crippen LogP contribution in [0.5, 0.6) is 5.75 Å². The van der Waals surface area contributed by atoms with Gasteiger partial charge in [0.05, 0.1) is 12.6 Å². The number of aliphatic hydroxyl groups excluding tert-OH is 1. The Morgan fingerprint density at radius 1 is 1.32 bits per heavy atom. The molecule has 1 unspecified atom stereocenters. The second kappa shape index (κ2) is 7.62. The van der Waals surface area contributed by atoms with Crippen LogP contribution in [-0.2, 0) is 6.54 Å². The van der Waals surface area contributed by atoms with Gasteiger partial charge < -0.3 is 9.84 Å². The quantitative estimate of drug-likeness (QED) is 0.848. The molecule has 22 heavy (non-hydrogen) atoms. The van der Waals surface area contributed by atoms with Crippen molar-refractivity contribution in [3.05, 3.63) is 45.9 Å². The zero-order valence-electron chi connectivity index (χ0n) is 12.4. The number of likely N-dealkylation sites (N-methyl/N-ethyl adjacent to an activating group) is 1. The van der Waals surface area contributed by atoms with Gasteiger partial charge in [-0.3, -0.25) is 4.90 Å². The molecule has 4 nitrogen and oxygen atoms in total. The largest absolute Gasteiger partial charge is 0.435 e. The van der Waals surface area contributed by atoms with E-state index in [-0.39, 0.29) is 5.75 Å². The molecule has 0 bridgehead atoms. The first-order chi connectivity index (χ1) is 10.4. The SMILES string of the molecule is Cc1csc(CN(C)CC(O)c2ccc(OC(F)F)cc2)n1. The molecule has 0 spiro atoms. The van der Waals surface area contributed by atoms with Crippen LogP contribution in [0.2, 0.25) is 0 Å². The molecular formula is C15H18F2N2O2S. The molecule has 0 aliphatic rings. The van der Waals surface area contributed by atoms with Crippen LogP contribution in [0.15, 0.2) is 29.6 Å². The Hall–Kier alpha value is -1.57. The van der Waals surface area contributed by atoms with Gasteiger partial charge in [0.15, 0.2) is 0 Å². The van der Waals surface area contributed by atoms with Crippen molar-refractivity contribution in [1.82, 2.24) is 9.88 Å². The lowest BCUT2D eigenvalue weighted by atomic mass is 10.1. The lowest BCUT2D eigenvalue weighted by molar-refractivity contribution is -0.0498. The summed E-state index contributed by atoms with van der Waals surface area (Å²) in [5, 5.41) is 13.2. The fourth-order valence-electron chi connectivity index (χ4n) is 2.04. The van der Waals surface area contributed by atoms with E-state index in [0.29, 0.717) is 18.7 Å². The van der Waals surface area contributed by atoms with Crippen LogP contribution in [0, 0.1) is 6.92 Å². The van der Waals surface area contributed by atoms with Crippen molar-refractivity contribution < 1.29 is 18.6 Å². The van der Waals surface area contributed by atoms with Crippen molar-refractivity contribution in [3.63, 3.8) is 0 Å². The number of aliphatic hydroxyl groups is 1. The van der Waals surface area contributed by atoms with Crippen LogP contribution in [-0.4, -0.2) is 35.2 Å². The minimum Gasteiger partial charge on any atom is -0.435 e. The zero-order valence-corrected chi connectivity index (χ0v) is 13.2. The summed E-state index contributed by atoms with van der Waals surface area (Å²) in [5.41, 5.74) is 1.65. The number of benzene rings is 1. The molecule has 120 valence electrons. The molecule has 0 aliphatic heterocycles. The van der Waals surface area contributed by atoms with Gasteiger partial charge >= 0.3 is 6.61 Å². The number of hydrogen-bond acceptors (Lipinski definition) is 5. The summed E-state index contributed by atoms with van der Waals surface area (Å²) in [6, 6.07) is 6.03. The van der Waals surface area contributed by atoms with Gasteiger partial charge in [-0.25, -0.2) is 4.98 Å². The molecule has 1 aromatic heterocycles. The third-order valence-corrected chi connectivity index (χ3v) is 4.00. The number of rotatable bonds is 7. The fourth-order valence-corrected chi connectivity index (χ4v) is 2.89. The summed E-state index contributed by atoms with van der Waals surface area (Å²) in [5.74, 6) is 0.0811. The third-order valence-electron chi connectivity index (χ3n) is 3.05. The van der Waals surface area contributed by atoms with Crippen molar-refractivity contribution in [2.45, 2.75) is 26.2 Å². The van der Waals surface area contributed by atoms with E-state index in [0.717, 1.165) is 10.7 Å². The molecule has 7 heteroatoms. The number of aromatic nitrogens is 1. The second-order valence-electron chi connectivity index (χ2n) is 5.04. The van der Waals surface area contributed by atoms with Crippen molar-refractivity contribution in [2.75, 3.05) is 13.6 Å². The fraction of sp³-hybridized carbons (Fsp3) is 0.400. The van der Waals surface area contributed by atoms with E-state index >= 15 is 0 Å². The number of halogens is 2. The summed E-state index contributed by atoms with van der Waals surface area (Å²) in [7, 11) is 1.90. The topological polar surface area (TPSA) is 45.6 Å². The molecule has 0 fully saturated rings. The Balaban J connectivity index is 1.89. The number of aryl methyl sites for hydroxylation is 1. The van der Waals surface area contributed by atoms with E-state index in [4.69, 9.17) is 0 Å². The summed E-state index contributed by atoms with van der Waals surface area (Å²) in [4.78, 5) is 6.34. The summed E-state index contributed by atoms with van der Waals surface area (Å²) < 4.78 is 28.4. The summed E-state index contributed by atoms with van der Waals surface area (Å²) in [6.45, 7) is 0.178. The molecule has 1 aromatic carbocycles. The predicted octanol–water partition coefficient (Wildman–Crippen LogP) is 3.22. The maximum atomic E-state index is 12.1. The van der Waals surface area contributed by atoms with Gasteiger partial charge in [-0.15, -0.1) is 11.3 Å². The predicted molar refractivity (Wildman–Crippen MR) is 81.2 cm³/mol. The van der Waals surface area contributed by atoms with Crippen LogP contribution in [0.1, 0.15) is 22.4 Å². The molecule has 0 saturated carbocycles. The van der Waals surface area contributed by atoms with Crippen LogP contribution in [0.3, 0.4) is 0 Å². The van der Waals surface area contributed by atoms with Gasteiger partial charge in [-0.2, -0.15) is 8.78 Å². The van der Waals surface area contributed by atoms with Gasteiger partial charge in [0, 0.05) is 17.6 Å². The molecule has 1 N–H and O–H groups in total. The molecular weight excluding hydrogens is 310 g/mol. The molecule has 0 aliphatic carbocycles. The smallest absolute Gasteiger partial charge is 0.387 e. The van der Waals surface area contributed by atoms with Gasteiger partial charge in [0.25, 0.3) is 0 Å². The molecule has 1 heterocycles. The van der Waals surface area contributed by atoms with E-state index in [1.807, 2.05) is 24.3 Å². The number of ether oxygens (including phenoxy) is 1. The van der Waals surface area contributed by atoms with E-state index in [1.165, 1.54) is 12.1 Å². The Morgan fingerprint density at radius 2 is 2.00 bits per heavy atom. The highest BCUT2D eigenvalue weighted by Crippen LogP contribution is 2.20. The number of thiazole rings is 1. The Kier molecular flexibility index (Phi) is 5.82. The van der Waals surface area contributed by atoms with Crippen molar-refractivity contribution >= 4 is 11.3 Å². The van der Waals surface area contributed by atoms with Gasteiger partial charge in [0.2, 0.25) is 0 Å². The Morgan fingerprint density at radius 3 is 2.55 bits per heavy atom. The molecule has 0 amide bonds. The normalized spacial score (nSPS) is 12.9. The maximum Gasteiger partial charge on any atom is 0.387 e. The maximum absolute atomic E-state index is 12.1. The van der Waals surface area contributed by atoms with Gasteiger partial charge in [0.1, 0.15) is 10.8 Å². The van der Waals surface area contributed by atoms with E-state index in [2.05, 4.69) is 9.72 Å². The van der Waals surface area contributed by atoms with Crippen LogP contribution in [0.25, 0.3) is 0 Å². The minimum atomic E-state index is -2.84. The average Bonchev–Trinajstić information content (AvgIpc) is 2.83. The first-order valence-electron chi connectivity index (χ1n) is 6.76. The first kappa shape index (κ1) is 16.8. The van der Waals surface area contributed by atoms with Crippen LogP contribution >= 0.6 is 11.3 Å². The number of hydrogen-bond donors (Lipinski definition) is 1. The standard InChI is InChI=1S/C15H18F2N2O2S/c1-10-9-22-14(18-10)8-19(2)7-13(20)11-3-5-12(6-4-11)21-15(16)17/h3-6,9,13,15,20H,7-8H2,1-2H3. The monoisotopic (exact) mass is 328 g/mol. The zero-order chi connectivity index (χ0) is 16.1. The minimum absolute atomic E-state index is 0.0811. The molecule has 0 saturated heterocycles. The number of alkyl halides is 2. The Labute approximate surface area is 132 Å². The highest BCUT2D eigenvalue weighted by molar-refractivity contribution is 7.09. The van der Waals surface area contributed by atoms with Crippen molar-refractivity contribution in [3.8, 4) is 5.75 Å². The lowest BCUT2D eigenvalue weighted by Gasteiger charge is -2.20. The van der Waals surface area contributed by atoms with Gasteiger partial charge in [-0.1, -0.05) is 12.1 Å². The molecule has 0 radical (unpaired) electrons. The van der Waals surface area contributed by atoms with Gasteiger partial charge in [-0.05, 0) is 31.7 Å². The van der Waals surface area contributed by atoms with Crippen molar-refractivity contribution in [2.24, 2.45) is 0 Å². The summed E-state index contributed by atoms with van der Waals surface area (Å²) >= 11 is 1.59. The highest BCUT2D eigenvalue weighted by Gasteiger charge is 2.13. The third kappa shape index (κ3) is 5.01. The molecule has 2 rings (SSSR count). The van der Waals surface area contributed by atoms with E-state index in [1.54, 1.807) is 23.5 Å². The Bertz CT molecular complexity index is 589.